The van der Waals surface area contributed by atoms with Gasteiger partial charge in [0.1, 0.15) is 5.60 Å². The highest BCUT2D eigenvalue weighted by Crippen LogP contribution is 2.26. The summed E-state index contributed by atoms with van der Waals surface area (Å²) < 4.78 is 5.09. The van der Waals surface area contributed by atoms with Crippen molar-refractivity contribution in [3.63, 3.8) is 0 Å². The summed E-state index contributed by atoms with van der Waals surface area (Å²) in [6.45, 7) is 5.04. The predicted molar refractivity (Wildman–Crippen MR) is 68.2 cm³/mol. The SMILES string of the molecule is CC(C)(C)OC(=O)C(C(=O)O)C(N)c1cccs1. The number of thiophene rings is 1. The Kier molecular flexibility index (Phi) is 4.48. The van der Waals surface area contributed by atoms with E-state index in [0.29, 0.717) is 4.88 Å². The number of carboxylic acids is 1. The Morgan fingerprint density at radius 3 is 2.44 bits per heavy atom. The lowest BCUT2D eigenvalue weighted by molar-refractivity contribution is -0.167. The molecule has 0 aliphatic carbocycles. The van der Waals surface area contributed by atoms with E-state index in [2.05, 4.69) is 0 Å². The molecule has 3 N–H and O–H groups in total. The lowest BCUT2D eigenvalue weighted by Gasteiger charge is -2.24. The molecule has 0 saturated carbocycles. The fraction of sp³-hybridized carbons (Fsp3) is 0.500. The maximum absolute atomic E-state index is 11.9. The van der Waals surface area contributed by atoms with Gasteiger partial charge in [-0.2, -0.15) is 0 Å². The van der Waals surface area contributed by atoms with Crippen molar-refractivity contribution in [3.8, 4) is 0 Å². The number of nitrogens with two attached hydrogens (primary N) is 1. The van der Waals surface area contributed by atoms with Crippen LogP contribution < -0.4 is 5.73 Å². The molecule has 5 nitrogen and oxygen atoms in total. The molecule has 0 aliphatic heterocycles. The molecule has 0 spiro atoms. The first kappa shape index (κ1) is 14.7. The largest absolute Gasteiger partial charge is 0.481 e. The van der Waals surface area contributed by atoms with E-state index in [9.17, 15) is 9.59 Å². The van der Waals surface area contributed by atoms with Crippen molar-refractivity contribution >= 4 is 23.3 Å². The number of rotatable bonds is 4. The summed E-state index contributed by atoms with van der Waals surface area (Å²) in [4.78, 5) is 23.7. The van der Waals surface area contributed by atoms with Crippen LogP contribution >= 0.6 is 11.3 Å². The maximum atomic E-state index is 11.9. The van der Waals surface area contributed by atoms with Crippen LogP contribution in [0.2, 0.25) is 0 Å². The van der Waals surface area contributed by atoms with Gasteiger partial charge < -0.3 is 15.6 Å². The van der Waals surface area contributed by atoms with Crippen LogP contribution in [0.25, 0.3) is 0 Å². The molecule has 0 saturated heterocycles. The van der Waals surface area contributed by atoms with E-state index in [1.54, 1.807) is 38.3 Å². The predicted octanol–water partition coefficient (Wildman–Crippen LogP) is 1.79. The summed E-state index contributed by atoms with van der Waals surface area (Å²) in [5.74, 6) is -3.47. The van der Waals surface area contributed by atoms with Crippen molar-refractivity contribution in [2.75, 3.05) is 0 Å². The number of carboxylic acid groups (broad SMARTS) is 1. The number of aliphatic carboxylic acids is 1. The van der Waals surface area contributed by atoms with Crippen LogP contribution in [0.1, 0.15) is 31.7 Å². The molecule has 0 aliphatic rings. The van der Waals surface area contributed by atoms with E-state index in [-0.39, 0.29) is 0 Å². The van der Waals surface area contributed by atoms with Gasteiger partial charge in [-0.1, -0.05) is 6.07 Å². The van der Waals surface area contributed by atoms with Gasteiger partial charge in [-0.3, -0.25) is 9.59 Å². The fourth-order valence-electron chi connectivity index (χ4n) is 1.41. The van der Waals surface area contributed by atoms with E-state index < -0.39 is 29.5 Å². The molecule has 0 bridgehead atoms. The van der Waals surface area contributed by atoms with Crippen LogP contribution in [-0.2, 0) is 14.3 Å². The van der Waals surface area contributed by atoms with Crippen molar-refractivity contribution in [1.29, 1.82) is 0 Å². The van der Waals surface area contributed by atoms with Gasteiger partial charge in [-0.25, -0.2) is 0 Å². The summed E-state index contributed by atoms with van der Waals surface area (Å²) in [5.41, 5.74) is 5.10. The zero-order chi connectivity index (χ0) is 13.9. The highest BCUT2D eigenvalue weighted by Gasteiger charge is 2.37. The Morgan fingerprint density at radius 1 is 1.44 bits per heavy atom. The second-order valence-corrected chi connectivity index (χ2v) is 5.87. The minimum absolute atomic E-state index is 0.647. The number of esters is 1. The molecular weight excluding hydrogens is 254 g/mol. The van der Waals surface area contributed by atoms with Crippen LogP contribution in [0.5, 0.6) is 0 Å². The van der Waals surface area contributed by atoms with Crippen LogP contribution in [0.4, 0.5) is 0 Å². The highest BCUT2D eigenvalue weighted by atomic mass is 32.1. The van der Waals surface area contributed by atoms with Gasteiger partial charge in [0, 0.05) is 4.88 Å². The topological polar surface area (TPSA) is 89.6 Å². The average molecular weight is 271 g/mol. The van der Waals surface area contributed by atoms with Crippen molar-refractivity contribution in [3.05, 3.63) is 22.4 Å². The lowest BCUT2D eigenvalue weighted by atomic mass is 9.99. The molecule has 1 rings (SSSR count). The van der Waals surface area contributed by atoms with Crippen molar-refractivity contribution in [1.82, 2.24) is 0 Å². The third-order valence-corrected chi connectivity index (χ3v) is 3.13. The summed E-state index contributed by atoms with van der Waals surface area (Å²) in [6, 6.07) is 2.57. The summed E-state index contributed by atoms with van der Waals surface area (Å²) in [6.07, 6.45) is 0. The summed E-state index contributed by atoms with van der Waals surface area (Å²) in [5, 5.41) is 10.9. The smallest absolute Gasteiger partial charge is 0.322 e. The first-order chi connectivity index (χ1) is 8.22. The van der Waals surface area contributed by atoms with E-state index in [1.807, 2.05) is 0 Å². The Bertz CT molecular complexity index is 422. The molecule has 0 amide bonds. The van der Waals surface area contributed by atoms with E-state index in [0.717, 1.165) is 0 Å². The van der Waals surface area contributed by atoms with E-state index in [4.69, 9.17) is 15.6 Å². The van der Waals surface area contributed by atoms with Crippen LogP contribution in [-0.4, -0.2) is 22.6 Å². The molecule has 1 heterocycles. The minimum atomic E-state index is -1.39. The summed E-state index contributed by atoms with van der Waals surface area (Å²) in [7, 11) is 0. The van der Waals surface area contributed by atoms with Gasteiger partial charge in [0.05, 0.1) is 6.04 Å². The third-order valence-electron chi connectivity index (χ3n) is 2.16. The average Bonchev–Trinajstić information content (AvgIpc) is 2.65. The number of carbonyl (C=O) groups is 2. The molecule has 0 radical (unpaired) electrons. The summed E-state index contributed by atoms with van der Waals surface area (Å²) >= 11 is 1.32. The van der Waals surface area contributed by atoms with Gasteiger partial charge >= 0.3 is 11.9 Å². The Morgan fingerprint density at radius 2 is 2.06 bits per heavy atom. The van der Waals surface area contributed by atoms with Crippen molar-refractivity contribution < 1.29 is 19.4 Å². The molecule has 18 heavy (non-hydrogen) atoms. The standard InChI is InChI=1S/C12H17NO4S/c1-12(2,3)17-11(16)8(10(14)15)9(13)7-5-4-6-18-7/h4-6,8-9H,13H2,1-3H3,(H,14,15). The van der Waals surface area contributed by atoms with Gasteiger partial charge in [0.15, 0.2) is 5.92 Å². The fourth-order valence-corrected chi connectivity index (χ4v) is 2.18. The molecule has 0 aromatic carbocycles. The molecule has 1 aromatic rings. The van der Waals surface area contributed by atoms with Crippen molar-refractivity contribution in [2.24, 2.45) is 11.7 Å². The second kappa shape index (κ2) is 5.49. The van der Waals surface area contributed by atoms with Gasteiger partial charge in [0.25, 0.3) is 0 Å². The monoisotopic (exact) mass is 271 g/mol. The van der Waals surface area contributed by atoms with Crippen LogP contribution in [0, 0.1) is 5.92 Å². The first-order valence-electron chi connectivity index (χ1n) is 5.47. The second-order valence-electron chi connectivity index (χ2n) is 4.89. The Labute approximate surface area is 110 Å². The van der Waals surface area contributed by atoms with Gasteiger partial charge in [-0.05, 0) is 32.2 Å². The highest BCUT2D eigenvalue weighted by molar-refractivity contribution is 7.10. The van der Waals surface area contributed by atoms with E-state index >= 15 is 0 Å². The number of hydrogen-bond acceptors (Lipinski definition) is 5. The number of carbonyl (C=O) groups excluding carboxylic acids is 1. The van der Waals surface area contributed by atoms with Crippen LogP contribution in [0.3, 0.4) is 0 Å². The maximum Gasteiger partial charge on any atom is 0.322 e. The zero-order valence-corrected chi connectivity index (χ0v) is 11.4. The molecule has 1 aromatic heterocycles. The number of hydrogen-bond donors (Lipinski definition) is 2. The molecule has 6 heteroatoms. The lowest BCUT2D eigenvalue weighted by Crippen LogP contribution is -2.38. The molecular formula is C12H17NO4S. The molecule has 2 atom stereocenters. The van der Waals surface area contributed by atoms with Crippen LogP contribution in [0.15, 0.2) is 17.5 Å². The normalized spacial score (nSPS) is 14.9. The zero-order valence-electron chi connectivity index (χ0n) is 10.5. The molecule has 100 valence electrons. The minimum Gasteiger partial charge on any atom is -0.481 e. The quantitative estimate of drug-likeness (QED) is 0.643. The van der Waals surface area contributed by atoms with Crippen molar-refractivity contribution in [2.45, 2.75) is 32.4 Å². The molecule has 0 fully saturated rings. The Balaban J connectivity index is 2.90. The number of ether oxygens (including phenoxy) is 1. The first-order valence-corrected chi connectivity index (χ1v) is 6.35. The van der Waals surface area contributed by atoms with Gasteiger partial charge in [-0.15, -0.1) is 11.3 Å². The molecule has 2 unspecified atom stereocenters. The van der Waals surface area contributed by atoms with E-state index in [1.165, 1.54) is 11.3 Å². The third kappa shape index (κ3) is 3.82. The van der Waals surface area contributed by atoms with Gasteiger partial charge in [0.2, 0.25) is 0 Å². The Hall–Kier alpha value is -1.40.